The topological polar surface area (TPSA) is 26.3 Å². The Morgan fingerprint density at radius 1 is 1.78 bits per heavy atom. The first kappa shape index (κ1) is 8.43. The van der Waals surface area contributed by atoms with Crippen molar-refractivity contribution in [1.82, 2.24) is 0 Å². The third kappa shape index (κ3) is 5.30. The van der Waals surface area contributed by atoms with Gasteiger partial charge in [0, 0.05) is 12.6 Å². The molecule has 0 saturated carbocycles. The number of carbonyl (C=O) groups excluding carboxylic acids is 1. The first-order valence-corrected chi connectivity index (χ1v) is 3.03. The first-order chi connectivity index (χ1) is 4.16. The van der Waals surface area contributed by atoms with Gasteiger partial charge in [-0.25, -0.2) is 4.79 Å². The van der Waals surface area contributed by atoms with E-state index in [2.05, 4.69) is 17.4 Å². The van der Waals surface area contributed by atoms with Gasteiger partial charge >= 0.3 is 5.30 Å². The van der Waals surface area contributed by atoms with Gasteiger partial charge in [0.15, 0.2) is 0 Å². The highest BCUT2D eigenvalue weighted by Crippen LogP contribution is 1.94. The summed E-state index contributed by atoms with van der Waals surface area (Å²) in [6.07, 6.45) is 1.87. The minimum atomic E-state index is -0.642. The van der Waals surface area contributed by atoms with Crippen LogP contribution < -0.4 is 0 Å². The van der Waals surface area contributed by atoms with E-state index in [0.29, 0.717) is 6.61 Å². The molecule has 3 heteroatoms. The van der Waals surface area contributed by atoms with Crippen LogP contribution in [-0.4, -0.2) is 11.9 Å². The lowest BCUT2D eigenvalue weighted by molar-refractivity contribution is 0.185. The molecular formula is C6H9O2S. The van der Waals surface area contributed by atoms with Crippen molar-refractivity contribution >= 4 is 17.9 Å². The van der Waals surface area contributed by atoms with Crippen molar-refractivity contribution in [2.45, 2.75) is 13.8 Å². The molecule has 0 unspecified atom stereocenters. The largest absolute Gasteiger partial charge is 0.450 e. The number of ether oxygens (including phenoxy) is 1. The lowest BCUT2D eigenvalue weighted by Gasteiger charge is -1.97. The van der Waals surface area contributed by atoms with Crippen molar-refractivity contribution in [3.8, 4) is 0 Å². The molecule has 2 nitrogen and oxygen atoms in total. The third-order valence-corrected chi connectivity index (χ3v) is 1.03. The zero-order valence-corrected chi connectivity index (χ0v) is 6.33. The molecule has 0 aromatic heterocycles. The molecule has 0 saturated heterocycles. The minimum absolute atomic E-state index is 0.318. The second-order valence-corrected chi connectivity index (χ2v) is 2.01. The maximum atomic E-state index is 10.0. The van der Waals surface area contributed by atoms with Crippen LogP contribution in [0.5, 0.6) is 0 Å². The maximum absolute atomic E-state index is 10.0. The molecule has 0 heterocycles. The fourth-order valence-corrected chi connectivity index (χ4v) is 0.315. The van der Waals surface area contributed by atoms with Crippen LogP contribution in [0, 0.1) is 0 Å². The normalized spacial score (nSPS) is 11.1. The molecule has 0 rings (SSSR count). The van der Waals surface area contributed by atoms with Gasteiger partial charge in [0.1, 0.15) is 6.61 Å². The van der Waals surface area contributed by atoms with Crippen LogP contribution in [0.4, 0.5) is 4.79 Å². The van der Waals surface area contributed by atoms with E-state index >= 15 is 0 Å². The Morgan fingerprint density at radius 2 is 2.33 bits per heavy atom. The molecule has 0 spiro atoms. The summed E-state index contributed by atoms with van der Waals surface area (Å²) in [4.78, 5) is 10.0. The fraction of sp³-hybridized carbons (Fsp3) is 0.500. The molecule has 0 bridgehead atoms. The molecule has 51 valence electrons. The zero-order chi connectivity index (χ0) is 7.28. The van der Waals surface area contributed by atoms with E-state index in [4.69, 9.17) is 0 Å². The Balaban J connectivity index is 3.39. The summed E-state index contributed by atoms with van der Waals surface area (Å²) in [6, 6.07) is 0. The Bertz CT molecular complexity index is 129. The average molecular weight is 145 g/mol. The second-order valence-electron chi connectivity index (χ2n) is 1.67. The Kier molecular flexibility index (Phi) is 4.05. The van der Waals surface area contributed by atoms with Gasteiger partial charge in [-0.05, 0) is 19.4 Å². The number of carbonyl (C=O) groups is 1. The van der Waals surface area contributed by atoms with Crippen LogP contribution in [0.15, 0.2) is 11.6 Å². The molecule has 0 aliphatic rings. The Hall–Kier alpha value is -0.570. The summed E-state index contributed by atoms with van der Waals surface area (Å²) in [6.45, 7) is 4.07. The van der Waals surface area contributed by atoms with E-state index in [1.165, 1.54) is 0 Å². The van der Waals surface area contributed by atoms with Crippen molar-refractivity contribution in [3.05, 3.63) is 11.6 Å². The van der Waals surface area contributed by atoms with Crippen LogP contribution in [0.3, 0.4) is 0 Å². The fourth-order valence-electron chi connectivity index (χ4n) is 0.256. The molecule has 0 N–H and O–H groups in total. The Morgan fingerprint density at radius 3 is 2.67 bits per heavy atom. The van der Waals surface area contributed by atoms with Crippen molar-refractivity contribution < 1.29 is 9.53 Å². The van der Waals surface area contributed by atoms with E-state index < -0.39 is 5.30 Å². The lowest BCUT2D eigenvalue weighted by atomic mass is 10.3. The van der Waals surface area contributed by atoms with Crippen LogP contribution >= 0.6 is 12.6 Å². The molecule has 0 amide bonds. The quantitative estimate of drug-likeness (QED) is 0.440. The van der Waals surface area contributed by atoms with Gasteiger partial charge in [-0.2, -0.15) is 0 Å². The predicted molar refractivity (Wildman–Crippen MR) is 38.4 cm³/mol. The number of rotatable bonds is 2. The molecule has 0 aliphatic heterocycles. The molecule has 0 aliphatic carbocycles. The third-order valence-electron chi connectivity index (χ3n) is 0.910. The highest BCUT2D eigenvalue weighted by Gasteiger charge is 1.93. The molecule has 9 heavy (non-hydrogen) atoms. The van der Waals surface area contributed by atoms with Crippen LogP contribution in [-0.2, 0) is 4.74 Å². The van der Waals surface area contributed by atoms with E-state index in [0.717, 1.165) is 5.57 Å². The summed E-state index contributed by atoms with van der Waals surface area (Å²) in [5.41, 5.74) is 1.01. The maximum Gasteiger partial charge on any atom is 0.400 e. The molecule has 0 fully saturated rings. The molecule has 0 atom stereocenters. The highest BCUT2D eigenvalue weighted by molar-refractivity contribution is 7.96. The van der Waals surface area contributed by atoms with Crippen LogP contribution in [0.25, 0.3) is 0 Å². The van der Waals surface area contributed by atoms with Gasteiger partial charge in [-0.15, -0.1) is 0 Å². The zero-order valence-electron chi connectivity index (χ0n) is 5.51. The monoisotopic (exact) mass is 145 g/mol. The summed E-state index contributed by atoms with van der Waals surface area (Å²) in [5, 5.41) is -0.642. The lowest BCUT2D eigenvalue weighted by Crippen LogP contribution is -1.96. The average Bonchev–Trinajstić information content (AvgIpc) is 1.83. The smallest absolute Gasteiger partial charge is 0.400 e. The standard InChI is InChI=1S/C6H9O2S/c1-3-5(2)4-8-6(7)9/h3H,4H2,1-2H3. The van der Waals surface area contributed by atoms with Crippen molar-refractivity contribution in [3.63, 3.8) is 0 Å². The number of hydrogen-bond acceptors (Lipinski definition) is 2. The second kappa shape index (κ2) is 4.32. The molecule has 0 aromatic rings. The SMILES string of the molecule is CC=C(C)COC(=O)[S]. The molecular weight excluding hydrogens is 136 g/mol. The van der Waals surface area contributed by atoms with Gasteiger partial charge in [-0.1, -0.05) is 6.08 Å². The van der Waals surface area contributed by atoms with Crippen molar-refractivity contribution in [1.29, 1.82) is 0 Å². The van der Waals surface area contributed by atoms with E-state index in [1.54, 1.807) is 0 Å². The van der Waals surface area contributed by atoms with Crippen LogP contribution in [0.2, 0.25) is 0 Å². The van der Waals surface area contributed by atoms with E-state index in [9.17, 15) is 4.79 Å². The van der Waals surface area contributed by atoms with Gasteiger partial charge in [0.25, 0.3) is 0 Å². The van der Waals surface area contributed by atoms with E-state index in [1.807, 2.05) is 19.9 Å². The summed E-state index contributed by atoms with van der Waals surface area (Å²) >= 11 is 4.16. The van der Waals surface area contributed by atoms with Crippen LogP contribution in [0.1, 0.15) is 13.8 Å². The Labute approximate surface area is 60.3 Å². The molecule has 1 radical (unpaired) electrons. The van der Waals surface area contributed by atoms with Crippen molar-refractivity contribution in [2.24, 2.45) is 0 Å². The highest BCUT2D eigenvalue weighted by atomic mass is 32.1. The summed E-state index contributed by atoms with van der Waals surface area (Å²) in [7, 11) is 0. The first-order valence-electron chi connectivity index (χ1n) is 2.62. The molecule has 0 aromatic carbocycles. The minimum Gasteiger partial charge on any atom is -0.450 e. The number of allylic oxidation sites excluding steroid dienone is 1. The summed E-state index contributed by atoms with van der Waals surface area (Å²) in [5.74, 6) is 0. The van der Waals surface area contributed by atoms with Gasteiger partial charge < -0.3 is 4.74 Å². The van der Waals surface area contributed by atoms with Gasteiger partial charge in [0.2, 0.25) is 0 Å². The van der Waals surface area contributed by atoms with Gasteiger partial charge in [0.05, 0.1) is 0 Å². The predicted octanol–water partition coefficient (Wildman–Crippen LogP) is 2.29. The van der Waals surface area contributed by atoms with Gasteiger partial charge in [-0.3, -0.25) is 0 Å². The summed E-state index contributed by atoms with van der Waals surface area (Å²) < 4.78 is 4.50. The number of hydrogen-bond donors (Lipinski definition) is 0. The van der Waals surface area contributed by atoms with Crippen molar-refractivity contribution in [2.75, 3.05) is 6.61 Å². The van der Waals surface area contributed by atoms with E-state index in [-0.39, 0.29) is 0 Å².